The van der Waals surface area contributed by atoms with Crippen LogP contribution in [0, 0.1) is 17.8 Å². The third kappa shape index (κ3) is 23.9. The third-order valence-corrected chi connectivity index (χ3v) is 20.4. The molecule has 4 heterocycles. The Morgan fingerprint density at radius 2 is 1.45 bits per heavy atom. The number of aliphatic hydroxyl groups excluding tert-OH is 6. The summed E-state index contributed by atoms with van der Waals surface area (Å²) in [4.78, 5) is 175. The van der Waals surface area contributed by atoms with Crippen molar-refractivity contribution in [2.24, 2.45) is 29.4 Å². The van der Waals surface area contributed by atoms with Crippen LogP contribution in [0.5, 0.6) is 11.5 Å². The fraction of sp³-hybridized carbons (Fsp3) is 0.618. The van der Waals surface area contributed by atoms with Crippen LogP contribution >= 0.6 is 0 Å². The van der Waals surface area contributed by atoms with Crippen molar-refractivity contribution in [1.82, 2.24) is 57.3 Å². The molecule has 11 amide bonds. The number of aromatic amines is 1. The first kappa shape index (κ1) is 86.0. The second-order valence-corrected chi connectivity index (χ2v) is 28.3. The first-order valence-electron chi connectivity index (χ1n) is 35.4. The number of hydrogen-bond donors (Lipinski definition) is 18. The molecule has 3 aliphatic heterocycles. The van der Waals surface area contributed by atoms with Crippen molar-refractivity contribution in [2.45, 2.75) is 163 Å². The summed E-state index contributed by atoms with van der Waals surface area (Å²) in [5.41, 5.74) is 6.12. The van der Waals surface area contributed by atoms with E-state index < -0.39 is 230 Å². The number of carbonyl (C=O) groups excluding carboxylic acids is 11. The van der Waals surface area contributed by atoms with Gasteiger partial charge in [-0.25, -0.2) is 10.7 Å². The number of aromatic nitrogens is 1. The van der Waals surface area contributed by atoms with Crippen LogP contribution < -0.4 is 63.6 Å². The number of carbonyl (C=O) groups is 12. The normalized spacial score (nSPS) is 25.8. The molecule has 0 spiro atoms. The van der Waals surface area contributed by atoms with Gasteiger partial charge in [0.15, 0.2) is 0 Å². The van der Waals surface area contributed by atoms with Gasteiger partial charge in [0, 0.05) is 63.3 Å². The summed E-state index contributed by atoms with van der Waals surface area (Å²) in [5, 5.41) is 93.3. The number of ether oxygens (including phenoxy) is 5. The van der Waals surface area contributed by atoms with E-state index in [4.69, 9.17) is 35.3 Å². The van der Waals surface area contributed by atoms with Gasteiger partial charge in [0.25, 0.3) is 5.91 Å². The molecule has 39 nitrogen and oxygen atoms in total. The maximum Gasteiger partial charge on any atom is 0.409 e. The number of H-pyrrole nitrogens is 1. The number of rotatable bonds is 30. The topological polar surface area (TPSA) is 589 Å². The van der Waals surface area contributed by atoms with E-state index in [1.54, 1.807) is 26.0 Å². The lowest BCUT2D eigenvalue weighted by atomic mass is 9.80. The van der Waals surface area contributed by atoms with E-state index in [1.165, 1.54) is 43.1 Å². The van der Waals surface area contributed by atoms with Crippen LogP contribution in [0.15, 0.2) is 41.4 Å². The number of carboxylic acids is 1. The van der Waals surface area contributed by atoms with Crippen molar-refractivity contribution >= 4 is 92.8 Å². The number of benzene rings is 2. The molecular weight excluding hydrogens is 1450 g/mol. The number of fused-ring (bicyclic) bond motifs is 5. The van der Waals surface area contributed by atoms with Crippen molar-refractivity contribution in [3.05, 3.63) is 53.1 Å². The van der Waals surface area contributed by atoms with Crippen LogP contribution in [0.25, 0.3) is 10.9 Å². The number of hydrogen-bond acceptors (Lipinski definition) is 26. The molecule has 2 bridgehead atoms. The van der Waals surface area contributed by atoms with Crippen LogP contribution in [0.3, 0.4) is 0 Å². The Kier molecular flexibility index (Phi) is 32.9. The van der Waals surface area contributed by atoms with Gasteiger partial charge in [-0.1, -0.05) is 46.1 Å². The Labute approximate surface area is 622 Å². The summed E-state index contributed by atoms with van der Waals surface area (Å²) in [6, 6.07) is -1.48. The lowest BCUT2D eigenvalue weighted by Gasteiger charge is -2.38. The zero-order valence-corrected chi connectivity index (χ0v) is 61.0. The number of amides is 11. The van der Waals surface area contributed by atoms with Crippen molar-refractivity contribution < 1.29 is 126 Å². The molecule has 2 aromatic carbocycles. The Morgan fingerprint density at radius 1 is 0.759 bits per heavy atom. The second-order valence-electron chi connectivity index (χ2n) is 26.9. The van der Waals surface area contributed by atoms with Gasteiger partial charge >= 0.3 is 12.1 Å². The average molecular weight is 1550 g/mol. The van der Waals surface area contributed by atoms with Crippen molar-refractivity contribution in [2.75, 3.05) is 91.8 Å². The Morgan fingerprint density at radius 3 is 2.15 bits per heavy atom. The lowest BCUT2D eigenvalue weighted by Crippen LogP contribution is -2.62. The van der Waals surface area contributed by atoms with E-state index in [2.05, 4.69) is 52.4 Å². The summed E-state index contributed by atoms with van der Waals surface area (Å²) in [5.74, 6) is -10.8. The first-order valence-corrected chi connectivity index (χ1v) is 36.7. The van der Waals surface area contributed by atoms with E-state index in [0.717, 1.165) is 4.90 Å². The number of aliphatic hydroxyl groups is 6. The fourth-order valence-electron chi connectivity index (χ4n) is 12.5. The smallest absolute Gasteiger partial charge is 0.409 e. The minimum Gasteiger partial charge on any atom is -0.494 e. The molecule has 16 atom stereocenters. The SMILES string of the molecule is CC[C@H](C)[C@@H]1NC(=O)CNC(=O)[C@@H]2Cc3c([nH]c4cc(OCCCCCCN(C)C(=O)OCc5ccc(O[C@@H]6C[C@H](C(=O)O)[C@@H](O)[C@H](O)[C@H]6O)c(C(=O)NCCOCCOCCON)c5)ccc34)S(=O)C[C@H](NC(=O)CNC1=O)C(=O)N[C@@H](CC(N)=O)C(=O)N1C[C@H](O)C[C@H]1C(=O)N[C@@H]([C@@H](C)[C@@H](O)CO)C(=O)N2. The van der Waals surface area contributed by atoms with E-state index in [1.807, 2.05) is 0 Å². The van der Waals surface area contributed by atoms with Gasteiger partial charge in [-0.15, -0.1) is 0 Å². The number of nitrogens with two attached hydrogens (primary N) is 2. The highest BCUT2D eigenvalue weighted by atomic mass is 32.2. The van der Waals surface area contributed by atoms with Gasteiger partial charge in [0.2, 0.25) is 53.2 Å². The second kappa shape index (κ2) is 41.4. The van der Waals surface area contributed by atoms with Gasteiger partial charge in [0.05, 0.1) is 118 Å². The number of unbranched alkanes of at least 4 members (excludes halogenated alkanes) is 3. The Bertz CT molecular complexity index is 3700. The molecule has 108 heavy (non-hydrogen) atoms. The van der Waals surface area contributed by atoms with Gasteiger partial charge < -0.3 is 127 Å². The molecule has 1 aliphatic carbocycles. The molecule has 40 heteroatoms. The zero-order chi connectivity index (χ0) is 79.1. The number of aliphatic carboxylic acids is 1. The average Bonchev–Trinajstić information content (AvgIpc) is 1.58. The highest BCUT2D eigenvalue weighted by molar-refractivity contribution is 7.85. The van der Waals surface area contributed by atoms with E-state index in [-0.39, 0.29) is 97.9 Å². The molecule has 1 aromatic heterocycles. The summed E-state index contributed by atoms with van der Waals surface area (Å²) < 4.78 is 43.7. The first-order chi connectivity index (χ1) is 51.4. The largest absolute Gasteiger partial charge is 0.494 e. The number of nitrogens with zero attached hydrogens (tertiary/aromatic N) is 2. The molecule has 3 aromatic rings. The van der Waals surface area contributed by atoms with Crippen molar-refractivity contribution in [1.29, 1.82) is 0 Å². The van der Waals surface area contributed by atoms with Crippen molar-refractivity contribution in [3.8, 4) is 11.5 Å². The molecule has 0 radical (unpaired) electrons. The van der Waals surface area contributed by atoms with E-state index in [9.17, 15) is 93.3 Å². The number of nitrogens with one attached hydrogen (secondary N) is 9. The highest BCUT2D eigenvalue weighted by Gasteiger charge is 2.48. The van der Waals surface area contributed by atoms with Crippen LogP contribution in [0.1, 0.15) is 93.6 Å². The molecule has 2 fully saturated rings. The van der Waals surface area contributed by atoms with Gasteiger partial charge in [-0.05, 0) is 54.2 Å². The van der Waals surface area contributed by atoms with Crippen LogP contribution in [0.4, 0.5) is 4.79 Å². The summed E-state index contributed by atoms with van der Waals surface area (Å²) in [7, 11) is -0.945. The molecule has 1 saturated heterocycles. The molecule has 1 saturated carbocycles. The van der Waals surface area contributed by atoms with Gasteiger partial charge in [0.1, 0.15) is 77.7 Å². The molecule has 1 unspecified atom stereocenters. The molecule has 4 aliphatic rings. The molecule has 598 valence electrons. The highest BCUT2D eigenvalue weighted by Crippen LogP contribution is 2.34. The monoisotopic (exact) mass is 1550 g/mol. The van der Waals surface area contributed by atoms with Crippen molar-refractivity contribution in [3.63, 3.8) is 0 Å². The third-order valence-electron chi connectivity index (χ3n) is 19.0. The van der Waals surface area contributed by atoms with E-state index >= 15 is 4.21 Å². The Hall–Kier alpha value is -9.23. The summed E-state index contributed by atoms with van der Waals surface area (Å²) >= 11 is 0. The van der Waals surface area contributed by atoms with Gasteiger partial charge in [-0.2, -0.15) is 0 Å². The predicted molar refractivity (Wildman–Crippen MR) is 376 cm³/mol. The molecule has 7 rings (SSSR count). The molecular formula is C68H99N13O26S. The summed E-state index contributed by atoms with van der Waals surface area (Å²) in [6.45, 7) is 2.56. The number of carboxylic acid groups (broad SMARTS) is 1. The van der Waals surface area contributed by atoms with Crippen LogP contribution in [0.2, 0.25) is 0 Å². The molecule has 20 N–H and O–H groups in total. The minimum atomic E-state index is -2.47. The van der Waals surface area contributed by atoms with E-state index in [0.29, 0.717) is 37.7 Å². The summed E-state index contributed by atoms with van der Waals surface area (Å²) in [6.07, 6.45) is -10.4. The lowest BCUT2D eigenvalue weighted by molar-refractivity contribution is -0.174. The van der Waals surface area contributed by atoms with Gasteiger partial charge in [-0.3, -0.25) is 56.9 Å². The van der Waals surface area contributed by atoms with Crippen LogP contribution in [-0.4, -0.2) is 291 Å². The standard InChI is InChI=1S/C68H99N13O26S/c1-5-34(2)54-63(95)73-28-52(86)74-46-33-108(101)65-40(25-44(60(92)72-29-53(87)78-54)75-64(96)55(35(3)48(84)31-82)79-62(94)47-23-37(83)30-81(47)66(97)45(27-51(69)85)76-61(46)93)39-12-11-38(24-43(39)77-65)104-16-9-7-6-8-15-80(4)68(100)105-32-36-10-13-49(107-50-26-42(67(98)99)56(88)58(90)57(50)89)41(22-36)59(91)71-14-17-102-18-19-103-20-21-106-70/h10-13,22,24,34-35,37,42,44-48,50,54-58,77,82-84,88-90H,5-9,14-21,23,25-33,70H2,1-4H3,(H2,69,85)(H,71,91)(H,72,92)(H,73,95)(H,74,86)(H,75,96)(H,76,93)(H,78,87)(H,79,94)(H,98,99)/t34-,35-,37+,42-,44-,45-,46-,47-,48-,50+,54-,55-,56+,57-,58-,108?/m0/s1. The maximum absolute atomic E-state index is 15.2. The zero-order valence-electron chi connectivity index (χ0n) is 60.2. The number of primary amides is 1. The maximum atomic E-state index is 15.2. The minimum absolute atomic E-state index is 0.0186. The predicted octanol–water partition coefficient (Wildman–Crippen LogP) is -5.83. The Balaban J connectivity index is 1.08. The quantitative estimate of drug-likeness (QED) is 0.0218. The fourth-order valence-corrected chi connectivity index (χ4v) is 13.9. The van der Waals surface area contributed by atoms with Crippen LogP contribution in [-0.2, 0) is 90.8 Å².